The van der Waals surface area contributed by atoms with E-state index in [1.807, 2.05) is 0 Å². The Morgan fingerprint density at radius 3 is 1.45 bits per heavy atom. The van der Waals surface area contributed by atoms with Crippen LogP contribution in [0.5, 0.6) is 0 Å². The molecule has 47 heavy (non-hydrogen) atoms. The van der Waals surface area contributed by atoms with Gasteiger partial charge in [0.2, 0.25) is 0 Å². The molecule has 5 nitrogen and oxygen atoms in total. The van der Waals surface area contributed by atoms with E-state index in [1.165, 1.54) is 154 Å². The van der Waals surface area contributed by atoms with Gasteiger partial charge in [-0.05, 0) is 70.6 Å². The summed E-state index contributed by atoms with van der Waals surface area (Å²) in [7, 11) is 0. The molecule has 0 saturated heterocycles. The molecule has 0 aromatic rings. The number of allylic oxidation sites excluding steroid dienone is 4. The van der Waals surface area contributed by atoms with Crippen molar-refractivity contribution in [1.29, 1.82) is 0 Å². The highest BCUT2D eigenvalue weighted by atomic mass is 16.5. The number of rotatable bonds is 35. The summed E-state index contributed by atoms with van der Waals surface area (Å²) in [5, 5.41) is 9.54. The van der Waals surface area contributed by atoms with Gasteiger partial charge in [0.1, 0.15) is 12.8 Å². The number of unbranched alkanes of at least 4 members (excludes halogenated alkanes) is 22. The Labute approximate surface area is 292 Å². The monoisotopic (exact) mass is 659 g/mol. The fourth-order valence-electron chi connectivity index (χ4n) is 6.53. The van der Waals surface area contributed by atoms with E-state index >= 15 is 0 Å². The Kier molecular flexibility index (Phi) is 31.4. The first-order valence-electron chi connectivity index (χ1n) is 20.5. The number of aliphatic hydroxyl groups is 1. The van der Waals surface area contributed by atoms with Crippen molar-refractivity contribution < 1.29 is 14.6 Å². The van der Waals surface area contributed by atoms with E-state index in [4.69, 9.17) is 4.74 Å². The first-order chi connectivity index (χ1) is 23.2. The summed E-state index contributed by atoms with van der Waals surface area (Å²) in [5.41, 5.74) is 0. The third kappa shape index (κ3) is 26.8. The summed E-state index contributed by atoms with van der Waals surface area (Å²) >= 11 is 0. The van der Waals surface area contributed by atoms with Gasteiger partial charge in [0.25, 0.3) is 0 Å². The lowest BCUT2D eigenvalue weighted by molar-refractivity contribution is -0.144. The van der Waals surface area contributed by atoms with Crippen LogP contribution in [0.15, 0.2) is 36.7 Å². The zero-order valence-electron chi connectivity index (χ0n) is 31.3. The maximum Gasteiger partial charge on any atom is 0.305 e. The highest BCUT2D eigenvalue weighted by Gasteiger charge is 2.25. The molecule has 0 bridgehead atoms. The van der Waals surface area contributed by atoms with Crippen LogP contribution < -0.4 is 0 Å². The van der Waals surface area contributed by atoms with Crippen molar-refractivity contribution in [3.8, 4) is 0 Å². The Bertz CT molecular complexity index is 765. The van der Waals surface area contributed by atoms with Gasteiger partial charge in [-0.25, -0.2) is 0 Å². The normalized spacial score (nSPS) is 14.8. The molecule has 0 fully saturated rings. The van der Waals surface area contributed by atoms with E-state index < -0.39 is 0 Å². The number of carbonyl (C=O) groups is 1. The fraction of sp³-hybridized carbons (Fsp3) is 0.833. The fourth-order valence-corrected chi connectivity index (χ4v) is 6.53. The number of carbonyl (C=O) groups excluding carboxylic acids is 1. The maximum absolute atomic E-state index is 12.3. The van der Waals surface area contributed by atoms with E-state index in [1.54, 1.807) is 0 Å². The lowest BCUT2D eigenvalue weighted by Crippen LogP contribution is -2.41. The lowest BCUT2D eigenvalue weighted by Gasteiger charge is -2.32. The minimum atomic E-state index is -0.0631. The molecule has 1 unspecified atom stereocenters. The van der Waals surface area contributed by atoms with Crippen LogP contribution in [0.25, 0.3) is 0 Å². The van der Waals surface area contributed by atoms with Crippen LogP contribution in [0, 0.1) is 0 Å². The van der Waals surface area contributed by atoms with Crippen molar-refractivity contribution >= 4 is 5.97 Å². The van der Waals surface area contributed by atoms with Gasteiger partial charge in [-0.3, -0.25) is 4.79 Å². The summed E-state index contributed by atoms with van der Waals surface area (Å²) in [5.74, 6) is -0.0631. The van der Waals surface area contributed by atoms with E-state index in [-0.39, 0.29) is 18.7 Å². The van der Waals surface area contributed by atoms with Crippen LogP contribution in [0.1, 0.15) is 194 Å². The second kappa shape index (κ2) is 34.1. The average molecular weight is 659 g/mol. The van der Waals surface area contributed by atoms with Gasteiger partial charge in [-0.1, -0.05) is 141 Å². The summed E-state index contributed by atoms with van der Waals surface area (Å²) < 4.78 is 5.60. The molecule has 1 heterocycles. The molecule has 0 aromatic heterocycles. The molecule has 0 aromatic carbocycles. The third-order valence-corrected chi connectivity index (χ3v) is 9.55. The number of aliphatic hydroxyl groups excluding tert-OH is 1. The zero-order chi connectivity index (χ0) is 33.9. The van der Waals surface area contributed by atoms with Gasteiger partial charge >= 0.3 is 5.97 Å². The highest BCUT2D eigenvalue weighted by molar-refractivity contribution is 5.69. The molecular weight excluding hydrogens is 580 g/mol. The van der Waals surface area contributed by atoms with Crippen LogP contribution >= 0.6 is 0 Å². The van der Waals surface area contributed by atoms with Gasteiger partial charge in [-0.2, -0.15) is 0 Å². The largest absolute Gasteiger partial charge is 0.464 e. The number of esters is 1. The predicted octanol–water partition coefficient (Wildman–Crippen LogP) is 12.0. The van der Waals surface area contributed by atoms with Crippen LogP contribution in [0.3, 0.4) is 0 Å². The Morgan fingerprint density at radius 2 is 0.979 bits per heavy atom. The van der Waals surface area contributed by atoms with Crippen molar-refractivity contribution in [2.75, 3.05) is 26.3 Å². The van der Waals surface area contributed by atoms with Gasteiger partial charge in [0.15, 0.2) is 0 Å². The number of ether oxygens (including phenoxy) is 1. The quantitative estimate of drug-likeness (QED) is 0.0417. The Morgan fingerprint density at radius 1 is 0.574 bits per heavy atom. The summed E-state index contributed by atoms with van der Waals surface area (Å²) in [6.07, 6.45) is 49.1. The van der Waals surface area contributed by atoms with Gasteiger partial charge in [0.05, 0.1) is 13.2 Å². The van der Waals surface area contributed by atoms with E-state index in [0.29, 0.717) is 26.1 Å². The molecule has 274 valence electrons. The Hall–Kier alpha value is -1.75. The van der Waals surface area contributed by atoms with Crippen LogP contribution in [-0.4, -0.2) is 53.3 Å². The molecule has 1 aliphatic heterocycles. The van der Waals surface area contributed by atoms with E-state index in [2.05, 4.69) is 60.4 Å². The lowest BCUT2D eigenvalue weighted by atomic mass is 10.1. The minimum absolute atomic E-state index is 0.0631. The van der Waals surface area contributed by atoms with Crippen molar-refractivity contribution in [2.45, 2.75) is 200 Å². The zero-order valence-corrected chi connectivity index (χ0v) is 31.3. The molecule has 1 atom stereocenters. The van der Waals surface area contributed by atoms with Crippen LogP contribution in [0.4, 0.5) is 0 Å². The van der Waals surface area contributed by atoms with Crippen molar-refractivity contribution in [1.82, 2.24) is 9.80 Å². The molecule has 0 aliphatic carbocycles. The summed E-state index contributed by atoms with van der Waals surface area (Å²) in [4.78, 5) is 16.8. The SMILES string of the molecule is CCCCCCCC/C=C\CCCCCCCC(=O)OCCN1C=CN(CCO)C1CCCCCCC/C=C\CCCCCCCC. The maximum atomic E-state index is 12.3. The van der Waals surface area contributed by atoms with Gasteiger partial charge < -0.3 is 19.6 Å². The second-order valence-corrected chi connectivity index (χ2v) is 13.9. The first kappa shape index (κ1) is 43.3. The molecule has 1 N–H and O–H groups in total. The molecule has 0 saturated carbocycles. The van der Waals surface area contributed by atoms with Crippen molar-refractivity contribution in [3.63, 3.8) is 0 Å². The van der Waals surface area contributed by atoms with Crippen LogP contribution in [-0.2, 0) is 9.53 Å². The van der Waals surface area contributed by atoms with Gasteiger partial charge in [0, 0.05) is 25.4 Å². The van der Waals surface area contributed by atoms with Crippen molar-refractivity contribution in [2.24, 2.45) is 0 Å². The number of hydrogen-bond acceptors (Lipinski definition) is 5. The Balaban J connectivity index is 2.04. The average Bonchev–Trinajstić information content (AvgIpc) is 3.45. The second-order valence-electron chi connectivity index (χ2n) is 13.9. The first-order valence-corrected chi connectivity index (χ1v) is 20.5. The number of hydrogen-bond donors (Lipinski definition) is 1. The molecule has 0 amide bonds. The molecule has 0 spiro atoms. The highest BCUT2D eigenvalue weighted by Crippen LogP contribution is 2.22. The van der Waals surface area contributed by atoms with E-state index in [0.717, 1.165) is 19.3 Å². The van der Waals surface area contributed by atoms with Crippen molar-refractivity contribution in [3.05, 3.63) is 36.7 Å². The van der Waals surface area contributed by atoms with Crippen LogP contribution in [0.2, 0.25) is 0 Å². The standard InChI is InChI=1S/C42H78N2O3/c1-3-5-7-9-11-13-15-17-19-21-23-25-27-29-31-33-41-43(37-39-45)35-36-44(41)38-40-47-42(46)34-32-30-28-26-24-22-20-18-16-14-12-10-8-6-4-2/h17-20,35-36,41,45H,3-16,21-34,37-40H2,1-2H3/b19-17-,20-18-. The van der Waals surface area contributed by atoms with E-state index in [9.17, 15) is 9.90 Å². The number of nitrogens with zero attached hydrogens (tertiary/aromatic N) is 2. The molecule has 5 heteroatoms. The minimum Gasteiger partial charge on any atom is -0.464 e. The topological polar surface area (TPSA) is 53.0 Å². The summed E-state index contributed by atoms with van der Waals surface area (Å²) in [6, 6.07) is 0. The molecular formula is C42H78N2O3. The smallest absolute Gasteiger partial charge is 0.305 e. The number of β-amino-alcohol motifs (C(OH)–C–C–N with tert-alkyl or cyclic N) is 1. The molecule has 0 radical (unpaired) electrons. The molecule has 1 aliphatic rings. The molecule has 1 rings (SSSR count). The predicted molar refractivity (Wildman–Crippen MR) is 203 cm³/mol. The third-order valence-electron chi connectivity index (χ3n) is 9.55. The summed E-state index contributed by atoms with van der Waals surface area (Å²) in [6.45, 7) is 6.51. The van der Waals surface area contributed by atoms with Gasteiger partial charge in [-0.15, -0.1) is 0 Å².